The quantitative estimate of drug-likeness (QED) is 0.417. The van der Waals surface area contributed by atoms with Crippen LogP contribution in [0.5, 0.6) is 0 Å². The summed E-state index contributed by atoms with van der Waals surface area (Å²) in [7, 11) is -3.83. The number of halogens is 1. The standard InChI is InChI=1S/C26H24FN7O3S/c1-16-8-9-23-31-32-25(34(16)23)21-5-4-6-22(29-21)30-26(35)19-13-18-15-33(12-10-17(18)14-20(19)27)38(36,37)24-7-2-3-11-28-24/h2-7,11,13-14,16H,8-10,12,15H2,1H3,(H,29,30,35)/t16-/m1/s1. The Morgan fingerprint density at radius 3 is 2.76 bits per heavy atom. The second-order valence-electron chi connectivity index (χ2n) is 9.42. The van der Waals surface area contributed by atoms with Gasteiger partial charge >= 0.3 is 0 Å². The number of hydrogen-bond acceptors (Lipinski definition) is 7. The molecule has 2 aliphatic heterocycles. The van der Waals surface area contributed by atoms with Crippen molar-refractivity contribution in [1.29, 1.82) is 0 Å². The highest BCUT2D eigenvalue weighted by molar-refractivity contribution is 7.89. The molecule has 1 N–H and O–H groups in total. The van der Waals surface area contributed by atoms with Crippen molar-refractivity contribution in [2.45, 2.75) is 43.8 Å². The molecule has 38 heavy (non-hydrogen) atoms. The van der Waals surface area contributed by atoms with Gasteiger partial charge in [-0.15, -0.1) is 10.2 Å². The van der Waals surface area contributed by atoms with Crippen molar-refractivity contribution in [3.8, 4) is 11.5 Å². The summed E-state index contributed by atoms with van der Waals surface area (Å²) in [5.41, 5.74) is 1.60. The number of pyridine rings is 2. The highest BCUT2D eigenvalue weighted by Gasteiger charge is 2.31. The van der Waals surface area contributed by atoms with Gasteiger partial charge in [0.25, 0.3) is 15.9 Å². The number of sulfonamides is 1. The first-order chi connectivity index (χ1) is 18.3. The third kappa shape index (κ3) is 4.25. The molecule has 0 spiro atoms. The number of hydrogen-bond donors (Lipinski definition) is 1. The first-order valence-corrected chi connectivity index (χ1v) is 13.7. The monoisotopic (exact) mass is 533 g/mol. The van der Waals surface area contributed by atoms with E-state index in [2.05, 4.69) is 32.4 Å². The first kappa shape index (κ1) is 24.3. The van der Waals surface area contributed by atoms with Crippen LogP contribution >= 0.6 is 0 Å². The van der Waals surface area contributed by atoms with Crippen molar-refractivity contribution in [2.24, 2.45) is 0 Å². The molecular formula is C26H24FN7O3S. The van der Waals surface area contributed by atoms with E-state index in [1.807, 2.05) is 4.57 Å². The van der Waals surface area contributed by atoms with Crippen molar-refractivity contribution in [3.05, 3.63) is 83.1 Å². The first-order valence-electron chi connectivity index (χ1n) is 12.3. The third-order valence-corrected chi connectivity index (χ3v) is 8.73. The molecule has 1 atom stereocenters. The van der Waals surface area contributed by atoms with E-state index in [9.17, 15) is 17.6 Å². The van der Waals surface area contributed by atoms with Gasteiger partial charge in [0.2, 0.25) is 0 Å². The van der Waals surface area contributed by atoms with Gasteiger partial charge < -0.3 is 9.88 Å². The van der Waals surface area contributed by atoms with Crippen LogP contribution < -0.4 is 5.32 Å². The molecule has 194 valence electrons. The van der Waals surface area contributed by atoms with Crippen molar-refractivity contribution in [3.63, 3.8) is 0 Å². The van der Waals surface area contributed by atoms with Crippen LogP contribution in [-0.4, -0.2) is 49.9 Å². The topological polar surface area (TPSA) is 123 Å². The van der Waals surface area contributed by atoms with Crippen LogP contribution in [0.3, 0.4) is 0 Å². The molecule has 0 saturated heterocycles. The highest BCUT2D eigenvalue weighted by Crippen LogP contribution is 2.30. The lowest BCUT2D eigenvalue weighted by Crippen LogP contribution is -2.36. The number of amides is 1. The average molecular weight is 534 g/mol. The van der Waals surface area contributed by atoms with E-state index < -0.39 is 21.7 Å². The van der Waals surface area contributed by atoms with Crippen LogP contribution in [0, 0.1) is 5.82 Å². The SMILES string of the molecule is C[C@@H]1CCc2nnc(-c3cccc(NC(=O)c4cc5c(cc4F)CCN(S(=O)(=O)c4ccccn4)C5)n3)n21. The van der Waals surface area contributed by atoms with Crippen LogP contribution in [0.1, 0.15) is 46.7 Å². The van der Waals surface area contributed by atoms with Crippen LogP contribution in [0.2, 0.25) is 0 Å². The fraction of sp³-hybridized carbons (Fsp3) is 0.269. The van der Waals surface area contributed by atoms with Crippen molar-refractivity contribution in [1.82, 2.24) is 29.0 Å². The molecule has 2 aliphatic rings. The molecule has 10 nitrogen and oxygen atoms in total. The van der Waals surface area contributed by atoms with E-state index in [0.717, 1.165) is 18.7 Å². The third-order valence-electron chi connectivity index (χ3n) is 6.97. The number of aryl methyl sites for hydroxylation is 1. The van der Waals surface area contributed by atoms with Gasteiger partial charge in [-0.2, -0.15) is 4.31 Å². The smallest absolute Gasteiger partial charge is 0.260 e. The predicted octanol–water partition coefficient (Wildman–Crippen LogP) is 3.38. The van der Waals surface area contributed by atoms with E-state index in [1.165, 1.54) is 28.7 Å². The lowest BCUT2D eigenvalue weighted by molar-refractivity contribution is 0.102. The van der Waals surface area contributed by atoms with E-state index in [0.29, 0.717) is 29.1 Å². The Balaban J connectivity index is 1.25. The average Bonchev–Trinajstić information content (AvgIpc) is 3.51. The zero-order chi connectivity index (χ0) is 26.4. The maximum absolute atomic E-state index is 15.0. The van der Waals surface area contributed by atoms with Crippen molar-refractivity contribution >= 4 is 21.7 Å². The molecule has 12 heteroatoms. The van der Waals surface area contributed by atoms with Crippen molar-refractivity contribution < 1.29 is 17.6 Å². The van der Waals surface area contributed by atoms with Crippen LogP contribution in [0.25, 0.3) is 11.5 Å². The molecule has 0 bridgehead atoms. The summed E-state index contributed by atoms with van der Waals surface area (Å²) >= 11 is 0. The van der Waals surface area contributed by atoms with Gasteiger partial charge in [0.05, 0.1) is 5.56 Å². The van der Waals surface area contributed by atoms with Gasteiger partial charge in [-0.25, -0.2) is 22.8 Å². The lowest BCUT2D eigenvalue weighted by atomic mass is 9.97. The molecular weight excluding hydrogens is 509 g/mol. The zero-order valence-corrected chi connectivity index (χ0v) is 21.3. The maximum atomic E-state index is 15.0. The molecule has 1 aromatic carbocycles. The van der Waals surface area contributed by atoms with E-state index in [4.69, 9.17) is 0 Å². The number of carbonyl (C=O) groups is 1. The Labute approximate surface area is 218 Å². The number of rotatable bonds is 5. The van der Waals surface area contributed by atoms with Crippen LogP contribution in [0.15, 0.2) is 59.8 Å². The Morgan fingerprint density at radius 1 is 1.08 bits per heavy atom. The molecule has 5 heterocycles. The van der Waals surface area contributed by atoms with Crippen molar-refractivity contribution in [2.75, 3.05) is 11.9 Å². The van der Waals surface area contributed by atoms with Gasteiger partial charge in [0, 0.05) is 31.7 Å². The van der Waals surface area contributed by atoms with Gasteiger partial charge in [0.1, 0.15) is 23.2 Å². The Kier molecular flexibility index (Phi) is 6.00. The predicted molar refractivity (Wildman–Crippen MR) is 136 cm³/mol. The number of fused-ring (bicyclic) bond motifs is 2. The maximum Gasteiger partial charge on any atom is 0.260 e. The lowest BCUT2D eigenvalue weighted by Gasteiger charge is -2.28. The molecule has 0 fully saturated rings. The number of carbonyl (C=O) groups excluding carboxylic acids is 1. The summed E-state index contributed by atoms with van der Waals surface area (Å²) in [6, 6.07) is 12.8. The molecule has 4 aromatic rings. The minimum Gasteiger partial charge on any atom is -0.307 e. The van der Waals surface area contributed by atoms with Crippen LogP contribution in [0.4, 0.5) is 10.2 Å². The molecule has 6 rings (SSSR count). The molecule has 0 saturated carbocycles. The largest absolute Gasteiger partial charge is 0.307 e. The van der Waals surface area contributed by atoms with Gasteiger partial charge in [-0.1, -0.05) is 12.1 Å². The van der Waals surface area contributed by atoms with Gasteiger partial charge in [-0.3, -0.25) is 4.79 Å². The molecule has 0 radical (unpaired) electrons. The second-order valence-corrected chi connectivity index (χ2v) is 11.3. The zero-order valence-electron chi connectivity index (χ0n) is 20.5. The molecule has 0 aliphatic carbocycles. The number of benzene rings is 1. The summed E-state index contributed by atoms with van der Waals surface area (Å²) in [6.07, 6.45) is 3.57. The van der Waals surface area contributed by atoms with E-state index in [1.54, 1.807) is 30.3 Å². The van der Waals surface area contributed by atoms with E-state index in [-0.39, 0.29) is 35.5 Å². The Hall–Kier alpha value is -4.03. The molecule has 0 unspecified atom stereocenters. The van der Waals surface area contributed by atoms with Gasteiger partial charge in [-0.05, 0) is 67.3 Å². The molecule has 1 amide bonds. The fourth-order valence-corrected chi connectivity index (χ4v) is 6.33. The highest BCUT2D eigenvalue weighted by atomic mass is 32.2. The van der Waals surface area contributed by atoms with Gasteiger partial charge in [0.15, 0.2) is 10.9 Å². The number of anilines is 1. The number of nitrogens with one attached hydrogen (secondary N) is 1. The van der Waals surface area contributed by atoms with E-state index >= 15 is 0 Å². The summed E-state index contributed by atoms with van der Waals surface area (Å²) in [4.78, 5) is 21.6. The normalized spacial score (nSPS) is 17.2. The summed E-state index contributed by atoms with van der Waals surface area (Å²) < 4.78 is 44.4. The minimum atomic E-state index is -3.83. The summed E-state index contributed by atoms with van der Waals surface area (Å²) in [5.74, 6) is 0.406. The molecule has 3 aromatic heterocycles. The Morgan fingerprint density at radius 2 is 1.95 bits per heavy atom. The van der Waals surface area contributed by atoms with Crippen LogP contribution in [-0.2, 0) is 29.4 Å². The number of nitrogens with zero attached hydrogens (tertiary/aromatic N) is 6. The second kappa shape index (κ2) is 9.37. The number of aromatic nitrogens is 5. The summed E-state index contributed by atoms with van der Waals surface area (Å²) in [5, 5.41) is 11.1. The Bertz CT molecular complexity index is 1660. The minimum absolute atomic E-state index is 0.0126. The fourth-order valence-electron chi connectivity index (χ4n) is 4.98. The summed E-state index contributed by atoms with van der Waals surface area (Å²) in [6.45, 7) is 2.30.